The minimum Gasteiger partial charge on any atom is -0.608 e. The first-order chi connectivity index (χ1) is 4.72. The second-order valence-corrected chi connectivity index (χ2v) is 2.18. The summed E-state index contributed by atoms with van der Waals surface area (Å²) in [6.45, 7) is 1.86. The molecule has 1 rings (SSSR count). The van der Waals surface area contributed by atoms with E-state index in [1.165, 1.54) is 0 Å². The summed E-state index contributed by atoms with van der Waals surface area (Å²) < 4.78 is 0. The van der Waals surface area contributed by atoms with Crippen LogP contribution in [-0.4, -0.2) is 0 Å². The number of nitrogen functional groups attached to an aromatic ring is 1. The minimum absolute atomic E-state index is 0.363. The van der Waals surface area contributed by atoms with Gasteiger partial charge in [-0.05, 0) is 6.92 Å². The molecule has 0 aliphatic carbocycles. The highest BCUT2D eigenvalue weighted by molar-refractivity contribution is 5.37. The predicted molar refractivity (Wildman–Crippen MR) is 39.4 cm³/mol. The summed E-state index contributed by atoms with van der Waals surface area (Å²) >= 11 is 0. The lowest BCUT2D eigenvalue weighted by atomic mass is 10.2. The molecule has 10 heavy (non-hydrogen) atoms. The van der Waals surface area contributed by atoms with Gasteiger partial charge in [-0.15, -0.1) is 0 Å². The molecule has 1 atom stereocenters. The molecule has 3 nitrogen and oxygen atoms in total. The maximum absolute atomic E-state index is 10.6. The van der Waals surface area contributed by atoms with E-state index >= 15 is 0 Å². The van der Waals surface area contributed by atoms with Crippen molar-refractivity contribution in [2.75, 3.05) is 0 Å². The first-order valence-corrected chi connectivity index (χ1v) is 3.07. The molecule has 0 aliphatic heterocycles. The Balaban J connectivity index is 3.03. The number of hydrogen-bond donors (Lipinski definition) is 2. The van der Waals surface area contributed by atoms with Gasteiger partial charge in [-0.3, -0.25) is 5.17 Å². The summed E-state index contributed by atoms with van der Waals surface area (Å²) in [6.07, 6.45) is 0. The summed E-state index contributed by atoms with van der Waals surface area (Å²) in [5.41, 5.74) is 1.53. The zero-order valence-electron chi connectivity index (χ0n) is 5.79. The number of benzene rings is 1. The van der Waals surface area contributed by atoms with Crippen LogP contribution in [0.15, 0.2) is 24.3 Å². The van der Waals surface area contributed by atoms with Gasteiger partial charge in [0.2, 0.25) is 0 Å². The molecule has 1 aromatic carbocycles. The fourth-order valence-electron chi connectivity index (χ4n) is 0.849. The zero-order valence-corrected chi connectivity index (χ0v) is 5.79. The second kappa shape index (κ2) is 2.79. The Morgan fingerprint density at radius 2 is 2.00 bits per heavy atom. The molecule has 0 aliphatic rings. The number of aryl methyl sites for hydroxylation is 1. The van der Waals surface area contributed by atoms with E-state index in [1.54, 1.807) is 12.1 Å². The van der Waals surface area contributed by atoms with Gasteiger partial charge in [0, 0.05) is 11.6 Å². The summed E-state index contributed by atoms with van der Waals surface area (Å²) in [5, 5.41) is 10.3. The van der Waals surface area contributed by atoms with E-state index in [-0.39, 0.29) is 5.17 Å². The fourth-order valence-corrected chi connectivity index (χ4v) is 0.849. The van der Waals surface area contributed by atoms with Crippen LogP contribution in [-0.2, 0) is 0 Å². The van der Waals surface area contributed by atoms with Crippen LogP contribution in [0.25, 0.3) is 0 Å². The first-order valence-electron chi connectivity index (χ1n) is 3.07. The van der Waals surface area contributed by atoms with Crippen molar-refractivity contribution >= 4 is 5.69 Å². The Hall–Kier alpha value is -0.900. The molecule has 3 N–H and O–H groups in total. The topological polar surface area (TPSA) is 53.5 Å². The second-order valence-electron chi connectivity index (χ2n) is 2.18. The van der Waals surface area contributed by atoms with Gasteiger partial charge in [0.15, 0.2) is 5.69 Å². The van der Waals surface area contributed by atoms with Crippen molar-refractivity contribution in [1.29, 1.82) is 0 Å². The quantitative estimate of drug-likeness (QED) is 0.420. The Morgan fingerprint density at radius 1 is 1.40 bits per heavy atom. The number of hydrogen-bond acceptors (Lipinski definition) is 2. The molecular formula is C7H10N2O. The standard InChI is InChI=1S/C7H10N2O/c1-6-4-2-3-5-7(6)9(8)10/h2-5,9H,8H2,1H3. The van der Waals surface area contributed by atoms with Gasteiger partial charge in [0.05, 0.1) is 0 Å². The largest absolute Gasteiger partial charge is 0.608 e. The van der Waals surface area contributed by atoms with E-state index < -0.39 is 0 Å². The molecule has 0 radical (unpaired) electrons. The van der Waals surface area contributed by atoms with E-state index in [1.807, 2.05) is 19.1 Å². The van der Waals surface area contributed by atoms with Gasteiger partial charge >= 0.3 is 0 Å². The number of rotatable bonds is 1. The monoisotopic (exact) mass is 138 g/mol. The predicted octanol–water partition coefficient (Wildman–Crippen LogP) is -0.117. The van der Waals surface area contributed by atoms with E-state index in [4.69, 9.17) is 5.84 Å². The Bertz CT molecular complexity index is 223. The minimum atomic E-state index is -0.363. The lowest BCUT2D eigenvalue weighted by molar-refractivity contribution is -0.789. The third kappa shape index (κ3) is 1.33. The summed E-state index contributed by atoms with van der Waals surface area (Å²) in [5.74, 6) is 5.08. The van der Waals surface area contributed by atoms with Crippen molar-refractivity contribution in [1.82, 2.24) is 0 Å². The van der Waals surface area contributed by atoms with Crippen LogP contribution in [0.2, 0.25) is 0 Å². The molecule has 1 aromatic rings. The normalized spacial score (nSPS) is 13.1. The molecular weight excluding hydrogens is 128 g/mol. The van der Waals surface area contributed by atoms with Crippen LogP contribution in [0.3, 0.4) is 0 Å². The molecule has 0 aromatic heterocycles. The van der Waals surface area contributed by atoms with Gasteiger partial charge in [-0.2, -0.15) is 5.84 Å². The van der Waals surface area contributed by atoms with Crippen molar-refractivity contribution in [3.05, 3.63) is 35.0 Å². The van der Waals surface area contributed by atoms with Gasteiger partial charge in [-0.25, -0.2) is 0 Å². The van der Waals surface area contributed by atoms with Crippen molar-refractivity contribution in [2.24, 2.45) is 5.84 Å². The van der Waals surface area contributed by atoms with Gasteiger partial charge < -0.3 is 5.21 Å². The molecule has 0 spiro atoms. The van der Waals surface area contributed by atoms with Crippen LogP contribution in [0, 0.1) is 12.1 Å². The summed E-state index contributed by atoms with van der Waals surface area (Å²) in [6, 6.07) is 7.26. The van der Waals surface area contributed by atoms with E-state index in [0.717, 1.165) is 5.56 Å². The maximum atomic E-state index is 10.6. The molecule has 0 saturated heterocycles. The lowest BCUT2D eigenvalue weighted by Crippen LogP contribution is -3.08. The van der Waals surface area contributed by atoms with Crippen LogP contribution in [0.4, 0.5) is 5.69 Å². The van der Waals surface area contributed by atoms with Gasteiger partial charge in [0.1, 0.15) is 0 Å². The van der Waals surface area contributed by atoms with Crippen LogP contribution in [0.5, 0.6) is 0 Å². The average Bonchev–Trinajstić information content (AvgIpc) is 1.88. The maximum Gasteiger partial charge on any atom is 0.153 e. The molecule has 1 unspecified atom stereocenters. The molecule has 0 fully saturated rings. The molecule has 3 heteroatoms. The highest BCUT2D eigenvalue weighted by Gasteiger charge is 1.99. The number of nitrogens with one attached hydrogen (secondary N) is 1. The van der Waals surface area contributed by atoms with E-state index in [0.29, 0.717) is 5.69 Å². The van der Waals surface area contributed by atoms with Crippen molar-refractivity contribution in [3.8, 4) is 0 Å². The Kier molecular flexibility index (Phi) is 2.01. The highest BCUT2D eigenvalue weighted by Crippen LogP contribution is 2.06. The average molecular weight is 138 g/mol. The van der Waals surface area contributed by atoms with E-state index in [2.05, 4.69) is 0 Å². The van der Waals surface area contributed by atoms with Gasteiger partial charge in [0.25, 0.3) is 0 Å². The summed E-state index contributed by atoms with van der Waals surface area (Å²) in [7, 11) is 0. The van der Waals surface area contributed by atoms with Crippen LogP contribution >= 0.6 is 0 Å². The number of nitrogens with two attached hydrogens (primary N) is 1. The van der Waals surface area contributed by atoms with Crippen molar-refractivity contribution < 1.29 is 5.17 Å². The summed E-state index contributed by atoms with van der Waals surface area (Å²) in [4.78, 5) is 0. The van der Waals surface area contributed by atoms with Crippen molar-refractivity contribution in [3.63, 3.8) is 0 Å². The SMILES string of the molecule is Cc1ccccc1[NH+](N)[O-]. The number of quaternary nitrogens is 1. The van der Waals surface area contributed by atoms with Crippen LogP contribution < -0.4 is 11.0 Å². The Morgan fingerprint density at radius 3 is 2.40 bits per heavy atom. The third-order valence-corrected chi connectivity index (χ3v) is 1.41. The Labute approximate surface area is 59.6 Å². The van der Waals surface area contributed by atoms with Crippen molar-refractivity contribution in [2.45, 2.75) is 6.92 Å². The molecule has 54 valence electrons. The third-order valence-electron chi connectivity index (χ3n) is 1.41. The lowest BCUT2D eigenvalue weighted by Gasteiger charge is -2.15. The zero-order chi connectivity index (χ0) is 7.56. The molecule has 0 heterocycles. The van der Waals surface area contributed by atoms with E-state index in [9.17, 15) is 5.21 Å². The first kappa shape index (κ1) is 7.21. The molecule has 0 bridgehead atoms. The molecule has 0 amide bonds. The van der Waals surface area contributed by atoms with Crippen LogP contribution in [0.1, 0.15) is 5.56 Å². The highest BCUT2D eigenvalue weighted by atomic mass is 16.5. The van der Waals surface area contributed by atoms with Gasteiger partial charge in [-0.1, -0.05) is 18.2 Å². The smallest absolute Gasteiger partial charge is 0.153 e. The fraction of sp³-hybridized carbons (Fsp3) is 0.143. The molecule has 0 saturated carbocycles.